The molecule has 0 fully saturated rings. The lowest BCUT2D eigenvalue weighted by Crippen LogP contribution is -2.25. The van der Waals surface area contributed by atoms with Crippen molar-refractivity contribution in [2.75, 3.05) is 5.73 Å². The molecule has 2 heteroatoms. The van der Waals surface area contributed by atoms with E-state index in [-0.39, 0.29) is 5.41 Å². The van der Waals surface area contributed by atoms with E-state index in [0.29, 0.717) is 0 Å². The summed E-state index contributed by atoms with van der Waals surface area (Å²) in [4.78, 5) is 0. The van der Waals surface area contributed by atoms with Gasteiger partial charge in [0, 0.05) is 15.6 Å². The third kappa shape index (κ3) is 7.46. The minimum atomic E-state index is 0.0510. The topological polar surface area (TPSA) is 26.0 Å². The van der Waals surface area contributed by atoms with E-state index in [1.807, 2.05) is 12.1 Å². The SMILES string of the molecule is CCCCCCCCC1(CCCCCCCC)c2cc(-c3ccc(N)cc3)ccc2-c2ccc(-c3ccc(Br)cc3)cc21. The second kappa shape index (κ2) is 15.2. The number of hydrogen-bond donors (Lipinski definition) is 1. The zero-order valence-corrected chi connectivity index (χ0v) is 28.0. The van der Waals surface area contributed by atoms with E-state index >= 15 is 0 Å². The van der Waals surface area contributed by atoms with Crippen LogP contribution in [0.3, 0.4) is 0 Å². The van der Waals surface area contributed by atoms with E-state index in [2.05, 4.69) is 103 Å². The molecule has 0 atom stereocenters. The minimum Gasteiger partial charge on any atom is -0.399 e. The standard InChI is InChI=1S/C41H50BrN/c1-3-5-7-9-11-13-27-41(28-14-12-10-8-6-4-2)39-29-33(31-15-21-35(42)22-16-31)19-25-37(39)38-26-20-34(30-40(38)41)32-17-23-36(43)24-18-32/h15-26,29-30H,3-14,27-28,43H2,1-2H3. The minimum absolute atomic E-state index is 0.0510. The molecule has 4 aromatic rings. The molecule has 226 valence electrons. The van der Waals surface area contributed by atoms with Crippen molar-refractivity contribution in [1.82, 2.24) is 0 Å². The summed E-state index contributed by atoms with van der Waals surface area (Å²) in [5, 5.41) is 0. The number of anilines is 1. The Kier molecular flexibility index (Phi) is 11.2. The fourth-order valence-electron chi connectivity index (χ4n) is 7.25. The normalized spacial score (nSPS) is 13.2. The van der Waals surface area contributed by atoms with Gasteiger partial charge in [0.05, 0.1) is 0 Å². The molecule has 5 rings (SSSR count). The average Bonchev–Trinajstić information content (AvgIpc) is 3.29. The van der Waals surface area contributed by atoms with Gasteiger partial charge in [-0.2, -0.15) is 0 Å². The molecule has 1 aliphatic carbocycles. The van der Waals surface area contributed by atoms with Gasteiger partial charge < -0.3 is 5.73 Å². The molecular formula is C41H50BrN. The van der Waals surface area contributed by atoms with Crippen LogP contribution in [0.4, 0.5) is 5.69 Å². The van der Waals surface area contributed by atoms with E-state index in [1.165, 1.54) is 123 Å². The summed E-state index contributed by atoms with van der Waals surface area (Å²) >= 11 is 3.63. The first-order valence-corrected chi connectivity index (χ1v) is 17.8. The van der Waals surface area contributed by atoms with Crippen LogP contribution in [0.15, 0.2) is 89.4 Å². The van der Waals surface area contributed by atoms with E-state index in [4.69, 9.17) is 5.73 Å². The summed E-state index contributed by atoms with van der Waals surface area (Å²) in [5.74, 6) is 0. The van der Waals surface area contributed by atoms with Crippen molar-refractivity contribution in [3.05, 3.63) is 101 Å². The molecule has 0 heterocycles. The molecule has 0 saturated heterocycles. The summed E-state index contributed by atoms with van der Waals surface area (Å²) in [6, 6.07) is 31.8. The van der Waals surface area contributed by atoms with E-state index in [9.17, 15) is 0 Å². The Morgan fingerprint density at radius 3 is 1.35 bits per heavy atom. The molecule has 0 amide bonds. The highest BCUT2D eigenvalue weighted by Crippen LogP contribution is 2.55. The Morgan fingerprint density at radius 1 is 0.488 bits per heavy atom. The number of benzene rings is 4. The first-order chi connectivity index (χ1) is 21.1. The Bertz CT molecular complexity index is 1340. The fraction of sp³-hybridized carbons (Fsp3) is 0.415. The largest absolute Gasteiger partial charge is 0.399 e. The fourth-order valence-corrected chi connectivity index (χ4v) is 7.51. The van der Waals surface area contributed by atoms with E-state index in [0.717, 1.165) is 10.2 Å². The van der Waals surface area contributed by atoms with Gasteiger partial charge in [0.15, 0.2) is 0 Å². The van der Waals surface area contributed by atoms with Crippen molar-refractivity contribution in [2.45, 2.75) is 109 Å². The van der Waals surface area contributed by atoms with Crippen molar-refractivity contribution in [3.8, 4) is 33.4 Å². The molecule has 0 unspecified atom stereocenters. The van der Waals surface area contributed by atoms with Crippen LogP contribution in [0.25, 0.3) is 33.4 Å². The number of nitrogens with two attached hydrogens (primary N) is 1. The quantitative estimate of drug-likeness (QED) is 0.0961. The maximum Gasteiger partial charge on any atom is 0.0314 e. The summed E-state index contributed by atoms with van der Waals surface area (Å²) in [5.41, 5.74) is 18.1. The zero-order valence-electron chi connectivity index (χ0n) is 26.4. The number of halogens is 1. The number of nitrogen functional groups attached to an aromatic ring is 1. The second-order valence-electron chi connectivity index (χ2n) is 12.8. The Balaban J connectivity index is 1.56. The van der Waals surface area contributed by atoms with Gasteiger partial charge in [-0.3, -0.25) is 0 Å². The predicted molar refractivity (Wildman–Crippen MR) is 192 cm³/mol. The van der Waals surface area contributed by atoms with Gasteiger partial charge in [0.2, 0.25) is 0 Å². The average molecular weight is 637 g/mol. The van der Waals surface area contributed by atoms with Gasteiger partial charge in [0.1, 0.15) is 0 Å². The van der Waals surface area contributed by atoms with Crippen molar-refractivity contribution in [1.29, 1.82) is 0 Å². The van der Waals surface area contributed by atoms with Crippen molar-refractivity contribution < 1.29 is 0 Å². The lowest BCUT2D eigenvalue weighted by atomic mass is 9.70. The Hall–Kier alpha value is -2.84. The highest BCUT2D eigenvalue weighted by Gasteiger charge is 2.42. The van der Waals surface area contributed by atoms with E-state index < -0.39 is 0 Å². The molecule has 43 heavy (non-hydrogen) atoms. The first kappa shape index (κ1) is 31.6. The number of hydrogen-bond acceptors (Lipinski definition) is 1. The molecule has 0 spiro atoms. The van der Waals surface area contributed by atoms with Gasteiger partial charge in [-0.15, -0.1) is 0 Å². The molecule has 0 saturated carbocycles. The van der Waals surface area contributed by atoms with E-state index in [1.54, 1.807) is 11.1 Å². The molecule has 1 nitrogen and oxygen atoms in total. The molecule has 1 aliphatic rings. The summed E-state index contributed by atoms with van der Waals surface area (Å²) in [6.45, 7) is 4.62. The summed E-state index contributed by atoms with van der Waals surface area (Å²) in [7, 11) is 0. The van der Waals surface area contributed by atoms with Crippen LogP contribution in [-0.2, 0) is 5.41 Å². The van der Waals surface area contributed by atoms with Crippen molar-refractivity contribution in [3.63, 3.8) is 0 Å². The first-order valence-electron chi connectivity index (χ1n) is 17.0. The molecule has 4 aromatic carbocycles. The molecule has 0 radical (unpaired) electrons. The third-order valence-corrected chi connectivity index (χ3v) is 10.2. The highest BCUT2D eigenvalue weighted by atomic mass is 79.9. The van der Waals surface area contributed by atoms with Crippen LogP contribution in [0.1, 0.15) is 115 Å². The molecule has 0 aliphatic heterocycles. The second-order valence-corrected chi connectivity index (χ2v) is 13.7. The summed E-state index contributed by atoms with van der Waals surface area (Å²) < 4.78 is 1.13. The highest BCUT2D eigenvalue weighted by molar-refractivity contribution is 9.10. The zero-order chi connectivity index (χ0) is 30.1. The number of unbranched alkanes of at least 4 members (excludes halogenated alkanes) is 10. The predicted octanol–water partition coefficient (Wildman–Crippen LogP) is 13.1. The maximum atomic E-state index is 6.06. The van der Waals surface area contributed by atoms with Crippen LogP contribution in [0.5, 0.6) is 0 Å². The van der Waals surface area contributed by atoms with Gasteiger partial charge >= 0.3 is 0 Å². The van der Waals surface area contributed by atoms with Gasteiger partial charge in [-0.05, 0) is 93.7 Å². The monoisotopic (exact) mass is 635 g/mol. The molecule has 0 bridgehead atoms. The summed E-state index contributed by atoms with van der Waals surface area (Å²) in [6.07, 6.45) is 18.4. The van der Waals surface area contributed by atoms with Gasteiger partial charge in [-0.25, -0.2) is 0 Å². The molecule has 2 N–H and O–H groups in total. The van der Waals surface area contributed by atoms with Crippen molar-refractivity contribution in [2.24, 2.45) is 0 Å². The molecule has 0 aromatic heterocycles. The Labute approximate surface area is 269 Å². The Morgan fingerprint density at radius 2 is 0.884 bits per heavy atom. The van der Waals surface area contributed by atoms with Crippen LogP contribution in [0.2, 0.25) is 0 Å². The lowest BCUT2D eigenvalue weighted by Gasteiger charge is -2.33. The molecular weight excluding hydrogens is 586 g/mol. The van der Waals surface area contributed by atoms with Crippen LogP contribution in [-0.4, -0.2) is 0 Å². The third-order valence-electron chi connectivity index (χ3n) is 9.70. The van der Waals surface area contributed by atoms with Gasteiger partial charge in [0.25, 0.3) is 0 Å². The number of rotatable bonds is 16. The van der Waals surface area contributed by atoms with Crippen LogP contribution >= 0.6 is 15.9 Å². The maximum absolute atomic E-state index is 6.06. The van der Waals surface area contributed by atoms with Crippen LogP contribution < -0.4 is 5.73 Å². The van der Waals surface area contributed by atoms with Crippen LogP contribution in [0, 0.1) is 0 Å². The van der Waals surface area contributed by atoms with Crippen molar-refractivity contribution >= 4 is 21.6 Å². The van der Waals surface area contributed by atoms with Gasteiger partial charge in [-0.1, -0.05) is 155 Å². The lowest BCUT2D eigenvalue weighted by molar-refractivity contribution is 0.398. The number of fused-ring (bicyclic) bond motifs is 3. The smallest absolute Gasteiger partial charge is 0.0314 e.